The first-order valence-electron chi connectivity index (χ1n) is 15.8. The van der Waals surface area contributed by atoms with Gasteiger partial charge < -0.3 is 39.0 Å². The Balaban J connectivity index is 1.21. The predicted molar refractivity (Wildman–Crippen MR) is 172 cm³/mol. The number of hydrogen-bond acceptors (Lipinski definition) is 12. The Morgan fingerprint density at radius 3 is 2.43 bits per heavy atom. The number of aromatic nitrogens is 2. The van der Waals surface area contributed by atoms with Crippen LogP contribution >= 0.6 is 15.6 Å². The Kier molecular flexibility index (Phi) is 11.5. The molecule has 2 saturated carbocycles. The average Bonchev–Trinajstić information content (AvgIpc) is 3.96. The summed E-state index contributed by atoms with van der Waals surface area (Å²) in [4.78, 5) is 78.7. The molecule has 0 bridgehead atoms. The monoisotopic (exact) mass is 720 g/mol. The third-order valence-corrected chi connectivity index (χ3v) is 11.9. The second kappa shape index (κ2) is 15.3. The van der Waals surface area contributed by atoms with Crippen LogP contribution in [0.1, 0.15) is 48.7 Å². The fourth-order valence-electron chi connectivity index (χ4n) is 6.35. The van der Waals surface area contributed by atoms with E-state index in [2.05, 4.69) is 34.4 Å². The fraction of sp³-hybridized carbons (Fsp3) is 0.552. The molecule has 7 atom stereocenters. The molecule has 1 aliphatic heterocycles. The summed E-state index contributed by atoms with van der Waals surface area (Å²) in [6, 6.07) is 9.52. The number of amides is 3. The number of carbonyl (C=O) groups is 3. The van der Waals surface area contributed by atoms with E-state index in [9.17, 15) is 28.4 Å². The van der Waals surface area contributed by atoms with Crippen molar-refractivity contribution in [1.82, 2.24) is 30.8 Å². The standard InChI is InChI=1S/C29H39BN6O11P2/c1-19(2)21-17-29(21,30-46-14-11-36(12-15-47-30)10-13-45-26(39)33-27(48(40)41)49(42,43)44)35-25(38)28(16-22(28)20-6-4-3-5-7-20)34-24(37)23-18-31-8-9-32-23/h3-9,18-19,21-22,27H,10-17H2,1-2H3,(H5-,33,34,35,37,38,39,40,41,42,43,44). The molecule has 2 aliphatic carbocycles. The van der Waals surface area contributed by atoms with E-state index >= 15 is 0 Å². The number of ether oxygens (including phenoxy) is 1. The first-order valence-corrected chi connectivity index (χ1v) is 18.7. The van der Waals surface area contributed by atoms with Crippen molar-refractivity contribution in [2.45, 2.75) is 49.1 Å². The number of carbonyl (C=O) groups excluding carboxylic acids is 3. The van der Waals surface area contributed by atoms with E-state index < -0.39 is 51.2 Å². The molecule has 5 rings (SSSR count). The Bertz CT molecular complexity index is 1560. The summed E-state index contributed by atoms with van der Waals surface area (Å²) < 4.78 is 39.7. The molecule has 20 heteroatoms. The van der Waals surface area contributed by atoms with Crippen LogP contribution in [-0.4, -0.2) is 106 Å². The summed E-state index contributed by atoms with van der Waals surface area (Å²) in [5, 5.41) is 7.88. The number of hydrogen-bond donors (Lipinski definition) is 5. The largest absolute Gasteiger partial charge is 0.774 e. The minimum Gasteiger partial charge on any atom is -0.774 e. The van der Waals surface area contributed by atoms with Gasteiger partial charge in [0.2, 0.25) is 13.5 Å². The van der Waals surface area contributed by atoms with E-state index in [4.69, 9.17) is 23.8 Å². The molecule has 3 fully saturated rings. The van der Waals surface area contributed by atoms with Crippen molar-refractivity contribution in [2.24, 2.45) is 11.8 Å². The van der Waals surface area contributed by atoms with Crippen molar-refractivity contribution in [3.63, 3.8) is 0 Å². The maximum absolute atomic E-state index is 14.3. The molecule has 3 aliphatic rings. The van der Waals surface area contributed by atoms with Gasteiger partial charge in [0.25, 0.3) is 5.91 Å². The van der Waals surface area contributed by atoms with Gasteiger partial charge in [-0.05, 0) is 34.8 Å². The Labute approximate surface area is 284 Å². The predicted octanol–water partition coefficient (Wildman–Crippen LogP) is 0.330. The van der Waals surface area contributed by atoms with Gasteiger partial charge in [-0.2, -0.15) is 4.89 Å². The lowest BCUT2D eigenvalue weighted by atomic mass is 9.71. The molecular weight excluding hydrogens is 681 g/mol. The molecule has 49 heavy (non-hydrogen) atoms. The molecule has 0 spiro atoms. The van der Waals surface area contributed by atoms with Gasteiger partial charge in [-0.3, -0.25) is 24.8 Å². The number of nitrogens with one attached hydrogen (secondary N) is 3. The van der Waals surface area contributed by atoms with Gasteiger partial charge in [0.05, 0.1) is 11.6 Å². The van der Waals surface area contributed by atoms with Crippen molar-refractivity contribution < 1.29 is 52.2 Å². The zero-order valence-corrected chi connectivity index (χ0v) is 28.8. The third kappa shape index (κ3) is 8.70. The van der Waals surface area contributed by atoms with Crippen molar-refractivity contribution >= 4 is 40.6 Å². The van der Waals surface area contributed by atoms with E-state index in [0.717, 1.165) is 5.56 Å². The summed E-state index contributed by atoms with van der Waals surface area (Å²) in [6.07, 6.45) is 3.95. The topological polar surface area (TPSA) is 242 Å². The van der Waals surface area contributed by atoms with Crippen LogP contribution in [0.4, 0.5) is 4.79 Å². The van der Waals surface area contributed by atoms with Crippen LogP contribution in [0.15, 0.2) is 48.9 Å². The third-order valence-electron chi connectivity index (χ3n) is 9.09. The lowest BCUT2D eigenvalue weighted by Gasteiger charge is -2.32. The normalized spacial score (nSPS) is 27.5. The van der Waals surface area contributed by atoms with E-state index in [1.807, 2.05) is 35.2 Å². The zero-order valence-electron chi connectivity index (χ0n) is 27.0. The summed E-state index contributed by atoms with van der Waals surface area (Å²) in [6.45, 7) is 5.37. The van der Waals surface area contributed by atoms with E-state index in [-0.39, 0.29) is 55.7 Å². The molecule has 1 aromatic heterocycles. The summed E-state index contributed by atoms with van der Waals surface area (Å²) in [5.74, 6) is -0.862. The van der Waals surface area contributed by atoms with Crippen LogP contribution in [0.2, 0.25) is 0 Å². The molecule has 3 amide bonds. The van der Waals surface area contributed by atoms with Crippen molar-refractivity contribution in [3.8, 4) is 0 Å². The molecule has 17 nitrogen and oxygen atoms in total. The van der Waals surface area contributed by atoms with Gasteiger partial charge in [0, 0.05) is 51.2 Å². The van der Waals surface area contributed by atoms with Crippen molar-refractivity contribution in [3.05, 3.63) is 60.2 Å². The molecule has 0 radical (unpaired) electrons. The van der Waals surface area contributed by atoms with Gasteiger partial charge in [0.15, 0.2) is 0 Å². The van der Waals surface area contributed by atoms with E-state index in [1.165, 1.54) is 18.6 Å². The maximum Gasteiger partial charge on any atom is 0.540 e. The molecule has 7 unspecified atom stereocenters. The van der Waals surface area contributed by atoms with Gasteiger partial charge in [-0.15, -0.1) is 0 Å². The van der Waals surface area contributed by atoms with Crippen LogP contribution in [-0.2, 0) is 28.0 Å². The molecule has 2 aromatic rings. The average molecular weight is 720 g/mol. The summed E-state index contributed by atoms with van der Waals surface area (Å²) >= 11 is 0. The van der Waals surface area contributed by atoms with Crippen LogP contribution in [0.3, 0.4) is 0 Å². The highest BCUT2D eigenvalue weighted by atomic mass is 31.2. The van der Waals surface area contributed by atoms with Crippen LogP contribution < -0.4 is 20.8 Å². The van der Waals surface area contributed by atoms with Crippen LogP contribution in [0.25, 0.3) is 0 Å². The maximum atomic E-state index is 14.3. The number of nitrogens with zero attached hydrogens (tertiary/aromatic N) is 3. The first-order chi connectivity index (χ1) is 23.3. The molecule has 1 saturated heterocycles. The fourth-order valence-corrected chi connectivity index (χ4v) is 7.83. The lowest BCUT2D eigenvalue weighted by molar-refractivity contribution is -0.194. The lowest BCUT2D eigenvalue weighted by Crippen LogP contribution is -2.61. The number of rotatable bonds is 13. The Hall–Kier alpha value is -3.34. The molecule has 264 valence electrons. The van der Waals surface area contributed by atoms with Crippen molar-refractivity contribution in [2.75, 3.05) is 39.5 Å². The second-order valence-electron chi connectivity index (χ2n) is 12.7. The second-order valence-corrected chi connectivity index (χ2v) is 15.8. The van der Waals surface area contributed by atoms with Crippen LogP contribution in [0, 0.1) is 11.8 Å². The minimum absolute atomic E-state index is 0.0480. The van der Waals surface area contributed by atoms with E-state index in [0.29, 0.717) is 25.9 Å². The zero-order chi connectivity index (χ0) is 35.4. The number of benzene rings is 1. The highest BCUT2D eigenvalue weighted by Crippen LogP contribution is 2.55. The van der Waals surface area contributed by atoms with Gasteiger partial charge in [-0.25, -0.2) is 9.78 Å². The first kappa shape index (κ1) is 36.9. The number of alkyl carbamates (subject to hydrolysis) is 1. The van der Waals surface area contributed by atoms with Crippen LogP contribution in [0.5, 0.6) is 0 Å². The smallest absolute Gasteiger partial charge is 0.540 e. The molecule has 2 heterocycles. The Morgan fingerprint density at radius 2 is 1.86 bits per heavy atom. The summed E-state index contributed by atoms with van der Waals surface area (Å²) in [5.41, 5.74) is -3.41. The van der Waals surface area contributed by atoms with E-state index in [1.54, 1.807) is 5.32 Å². The molecule has 5 N–H and O–H groups in total. The van der Waals surface area contributed by atoms with Gasteiger partial charge in [0.1, 0.15) is 17.8 Å². The van der Waals surface area contributed by atoms with Gasteiger partial charge in [-0.1, -0.05) is 44.2 Å². The van der Waals surface area contributed by atoms with Gasteiger partial charge >= 0.3 is 26.8 Å². The molecular formula is C29H39BN6O11P2. The summed E-state index contributed by atoms with van der Waals surface area (Å²) in [7, 11) is -9.54. The highest BCUT2D eigenvalue weighted by molar-refractivity contribution is 7.64. The highest BCUT2D eigenvalue weighted by Gasteiger charge is 2.70. The molecule has 1 aromatic carbocycles. The Morgan fingerprint density at radius 1 is 1.16 bits per heavy atom. The quantitative estimate of drug-likeness (QED) is 0.138. The SMILES string of the molecule is CC(C)C1CC1(NC(=O)C1(NC(=O)c2cnccn2)CC1c1ccccc1)B1OCCN(CCOC(=O)NC([P+](=O)O)P(=O)([O-])O)CCO1. The minimum atomic E-state index is -5.32. The van der Waals surface area contributed by atoms with Crippen molar-refractivity contribution in [1.29, 1.82) is 0 Å².